The Bertz CT molecular complexity index is 1150. The number of para-hydroxylation sites is 1. The molecule has 0 aliphatic carbocycles. The lowest BCUT2D eigenvalue weighted by molar-refractivity contribution is 0.169. The maximum absolute atomic E-state index is 13.0. The first-order chi connectivity index (χ1) is 16.2. The fourth-order valence-corrected chi connectivity index (χ4v) is 4.41. The van der Waals surface area contributed by atoms with Gasteiger partial charge in [-0.2, -0.15) is 0 Å². The van der Waals surface area contributed by atoms with Gasteiger partial charge in [0.1, 0.15) is 17.4 Å². The monoisotopic (exact) mass is 500 g/mol. The minimum atomic E-state index is -0.247. The molecule has 5 rings (SSSR count). The molecule has 3 aromatic carbocycles. The Morgan fingerprint density at radius 2 is 1.71 bits per heavy atom. The number of piperazine rings is 1. The molecule has 0 bridgehead atoms. The van der Waals surface area contributed by atoms with E-state index in [0.29, 0.717) is 17.4 Å². The quantitative estimate of drug-likeness (QED) is 0.428. The SMILES string of the molecule is Cl.Fc1ccc(OCCCN2CCN(C3=Nc4cc(Cl)ccc4Nc4ccccc43)CC2)cc1. The van der Waals surface area contributed by atoms with E-state index >= 15 is 0 Å². The van der Waals surface area contributed by atoms with Crippen molar-refractivity contribution in [2.24, 2.45) is 4.99 Å². The Morgan fingerprint density at radius 1 is 0.941 bits per heavy atom. The topological polar surface area (TPSA) is 40.1 Å². The fourth-order valence-electron chi connectivity index (χ4n) is 4.24. The number of amidine groups is 1. The van der Waals surface area contributed by atoms with Crippen LogP contribution in [0.4, 0.5) is 21.5 Å². The van der Waals surface area contributed by atoms with Crippen molar-refractivity contribution >= 4 is 46.9 Å². The summed E-state index contributed by atoms with van der Waals surface area (Å²) in [5, 5.41) is 4.19. The molecule has 0 spiro atoms. The maximum Gasteiger partial charge on any atom is 0.138 e. The summed E-state index contributed by atoms with van der Waals surface area (Å²) in [4.78, 5) is 9.85. The van der Waals surface area contributed by atoms with Crippen molar-refractivity contribution in [3.05, 3.63) is 83.1 Å². The summed E-state index contributed by atoms with van der Waals surface area (Å²) in [5.74, 6) is 1.45. The van der Waals surface area contributed by atoms with Crippen molar-refractivity contribution in [2.45, 2.75) is 6.42 Å². The van der Waals surface area contributed by atoms with E-state index in [-0.39, 0.29) is 18.2 Å². The maximum atomic E-state index is 13.0. The molecule has 0 atom stereocenters. The van der Waals surface area contributed by atoms with Gasteiger partial charge in [0.2, 0.25) is 0 Å². The lowest BCUT2D eigenvalue weighted by atomic mass is 10.1. The zero-order valence-corrected chi connectivity index (χ0v) is 20.3. The number of ether oxygens (including phenoxy) is 1. The van der Waals surface area contributed by atoms with Gasteiger partial charge in [0, 0.05) is 49.0 Å². The minimum absolute atomic E-state index is 0. The molecule has 2 aliphatic heterocycles. The van der Waals surface area contributed by atoms with Gasteiger partial charge in [-0.3, -0.25) is 4.90 Å². The van der Waals surface area contributed by atoms with Crippen LogP contribution in [0.25, 0.3) is 0 Å². The van der Waals surface area contributed by atoms with Crippen molar-refractivity contribution in [2.75, 3.05) is 44.6 Å². The highest BCUT2D eigenvalue weighted by Gasteiger charge is 2.24. The van der Waals surface area contributed by atoms with Crippen LogP contribution in [0.1, 0.15) is 12.0 Å². The second-order valence-electron chi connectivity index (χ2n) is 8.25. The molecule has 3 aromatic rings. The smallest absolute Gasteiger partial charge is 0.138 e. The molecule has 0 saturated carbocycles. The summed E-state index contributed by atoms with van der Waals surface area (Å²) in [6, 6.07) is 20.2. The number of hydrogen-bond donors (Lipinski definition) is 1. The molecule has 0 unspecified atom stereocenters. The van der Waals surface area contributed by atoms with Crippen LogP contribution in [0.3, 0.4) is 0 Å². The first-order valence-electron chi connectivity index (χ1n) is 11.3. The molecule has 0 amide bonds. The third-order valence-electron chi connectivity index (χ3n) is 6.00. The highest BCUT2D eigenvalue weighted by molar-refractivity contribution is 6.31. The molecule has 1 N–H and O–H groups in total. The largest absolute Gasteiger partial charge is 0.494 e. The van der Waals surface area contributed by atoms with Crippen LogP contribution in [0, 0.1) is 5.82 Å². The molecule has 5 nitrogen and oxygen atoms in total. The van der Waals surface area contributed by atoms with Crippen molar-refractivity contribution < 1.29 is 9.13 Å². The summed E-state index contributed by atoms with van der Waals surface area (Å²) >= 11 is 6.26. The average molecular weight is 501 g/mol. The molecule has 2 heterocycles. The third-order valence-corrected chi connectivity index (χ3v) is 6.23. The van der Waals surface area contributed by atoms with Gasteiger partial charge in [-0.25, -0.2) is 9.38 Å². The van der Waals surface area contributed by atoms with Crippen LogP contribution in [0.5, 0.6) is 5.75 Å². The molecule has 1 saturated heterocycles. The standard InChI is InChI=1S/C26H26ClFN4O.ClH/c27-19-6-11-24-25(18-19)30-26(22-4-1-2-5-23(22)29-24)32-15-13-31(14-16-32)12-3-17-33-21-9-7-20(28)8-10-21;/h1-2,4-11,18,29H,3,12-17H2;1H. The Balaban J connectivity index is 0.00000274. The highest BCUT2D eigenvalue weighted by atomic mass is 35.5. The molecule has 2 aliphatic rings. The first-order valence-corrected chi connectivity index (χ1v) is 11.6. The molecule has 34 heavy (non-hydrogen) atoms. The van der Waals surface area contributed by atoms with Crippen LogP contribution in [-0.4, -0.2) is 55.0 Å². The van der Waals surface area contributed by atoms with E-state index in [1.165, 1.54) is 12.1 Å². The Hall–Kier alpha value is -2.80. The molecule has 8 heteroatoms. The number of halogens is 3. The Labute approximate surface area is 210 Å². The summed E-state index contributed by atoms with van der Waals surface area (Å²) in [5.41, 5.74) is 3.97. The fraction of sp³-hybridized carbons (Fsp3) is 0.269. The lowest BCUT2D eigenvalue weighted by Crippen LogP contribution is -2.49. The van der Waals surface area contributed by atoms with Crippen LogP contribution in [0.15, 0.2) is 71.7 Å². The van der Waals surface area contributed by atoms with E-state index in [1.54, 1.807) is 12.1 Å². The number of nitrogens with one attached hydrogen (secondary N) is 1. The van der Waals surface area contributed by atoms with Gasteiger partial charge >= 0.3 is 0 Å². The van der Waals surface area contributed by atoms with Gasteiger partial charge in [0.05, 0.1) is 18.0 Å². The normalized spacial score (nSPS) is 15.2. The number of anilines is 2. The molecule has 0 radical (unpaired) electrons. The number of benzene rings is 3. The number of nitrogens with zero attached hydrogens (tertiary/aromatic N) is 3. The van der Waals surface area contributed by atoms with Gasteiger partial charge < -0.3 is 15.0 Å². The third kappa shape index (κ3) is 5.63. The summed E-state index contributed by atoms with van der Waals surface area (Å²) < 4.78 is 18.7. The van der Waals surface area contributed by atoms with Crippen molar-refractivity contribution in [3.8, 4) is 5.75 Å². The van der Waals surface area contributed by atoms with Gasteiger partial charge in [-0.05, 0) is 61.0 Å². The van der Waals surface area contributed by atoms with Gasteiger partial charge in [-0.15, -0.1) is 12.4 Å². The zero-order valence-electron chi connectivity index (χ0n) is 18.7. The van der Waals surface area contributed by atoms with Gasteiger partial charge in [-0.1, -0.05) is 23.7 Å². The number of rotatable bonds is 5. The second-order valence-corrected chi connectivity index (χ2v) is 8.69. The molecular weight excluding hydrogens is 474 g/mol. The van der Waals surface area contributed by atoms with Crippen LogP contribution in [0.2, 0.25) is 5.02 Å². The second kappa shape index (κ2) is 11.1. The minimum Gasteiger partial charge on any atom is -0.494 e. The van der Waals surface area contributed by atoms with E-state index in [0.717, 1.165) is 67.6 Å². The van der Waals surface area contributed by atoms with Crippen LogP contribution in [-0.2, 0) is 0 Å². The highest BCUT2D eigenvalue weighted by Crippen LogP contribution is 2.36. The van der Waals surface area contributed by atoms with E-state index < -0.39 is 0 Å². The number of aliphatic imine (C=N–C) groups is 1. The summed E-state index contributed by atoms with van der Waals surface area (Å²) in [6.45, 7) is 5.33. The summed E-state index contributed by atoms with van der Waals surface area (Å²) in [7, 11) is 0. The van der Waals surface area contributed by atoms with Crippen LogP contribution >= 0.6 is 24.0 Å². The van der Waals surface area contributed by atoms with E-state index in [2.05, 4.69) is 33.3 Å². The molecular formula is C26H27Cl2FN4O. The lowest BCUT2D eigenvalue weighted by Gasteiger charge is -2.36. The predicted molar refractivity (Wildman–Crippen MR) is 139 cm³/mol. The first kappa shape index (κ1) is 24.3. The Kier molecular flexibility index (Phi) is 7.93. The van der Waals surface area contributed by atoms with Crippen molar-refractivity contribution in [1.82, 2.24) is 9.80 Å². The molecule has 178 valence electrons. The van der Waals surface area contributed by atoms with E-state index in [9.17, 15) is 4.39 Å². The number of hydrogen-bond acceptors (Lipinski definition) is 5. The Morgan fingerprint density at radius 3 is 2.50 bits per heavy atom. The van der Waals surface area contributed by atoms with Crippen molar-refractivity contribution in [3.63, 3.8) is 0 Å². The van der Waals surface area contributed by atoms with E-state index in [1.807, 2.05) is 24.3 Å². The van der Waals surface area contributed by atoms with Crippen LogP contribution < -0.4 is 10.1 Å². The number of fused-ring (bicyclic) bond motifs is 2. The predicted octanol–water partition coefficient (Wildman–Crippen LogP) is 6.12. The zero-order chi connectivity index (χ0) is 22.6. The average Bonchev–Trinajstić information content (AvgIpc) is 3.00. The molecule has 1 fully saturated rings. The summed E-state index contributed by atoms with van der Waals surface area (Å²) in [6.07, 6.45) is 0.928. The van der Waals surface area contributed by atoms with Gasteiger partial charge in [0.25, 0.3) is 0 Å². The molecule has 0 aromatic heterocycles. The van der Waals surface area contributed by atoms with Crippen molar-refractivity contribution in [1.29, 1.82) is 0 Å². The van der Waals surface area contributed by atoms with E-state index in [4.69, 9.17) is 21.3 Å². The van der Waals surface area contributed by atoms with Gasteiger partial charge in [0.15, 0.2) is 0 Å².